The number of carbonyl (C=O) groups is 1. The van der Waals surface area contributed by atoms with Gasteiger partial charge in [-0.25, -0.2) is 8.42 Å². The van der Waals surface area contributed by atoms with Crippen LogP contribution in [0.25, 0.3) is 0 Å². The van der Waals surface area contributed by atoms with E-state index in [-0.39, 0.29) is 29.1 Å². The molecule has 1 amide bonds. The van der Waals surface area contributed by atoms with Crippen LogP contribution in [0.1, 0.15) is 47.4 Å². The number of pyridine rings is 1. The Labute approximate surface area is 217 Å². The lowest BCUT2D eigenvalue weighted by molar-refractivity contribution is 0.0937. The molecular weight excluding hydrogens is 488 g/mol. The number of rotatable bonds is 9. The molecule has 0 saturated carbocycles. The highest BCUT2D eigenvalue weighted by atomic mass is 32.2. The molecule has 2 heterocycles. The number of amides is 1. The van der Waals surface area contributed by atoms with Crippen LogP contribution in [0.5, 0.6) is 5.75 Å². The van der Waals surface area contributed by atoms with Gasteiger partial charge in [-0.15, -0.1) is 0 Å². The zero-order valence-electron chi connectivity index (χ0n) is 20.9. The fourth-order valence-electron chi connectivity index (χ4n) is 4.26. The summed E-state index contributed by atoms with van der Waals surface area (Å²) >= 11 is 0. The molecule has 1 N–H and O–H groups in total. The third kappa shape index (κ3) is 6.46. The first kappa shape index (κ1) is 26.2. The van der Waals surface area contributed by atoms with Crippen molar-refractivity contribution in [3.63, 3.8) is 0 Å². The fourth-order valence-corrected chi connectivity index (χ4v) is 5.14. The number of nitrogens with zero attached hydrogens (tertiary/aromatic N) is 3. The normalized spacial score (nSPS) is 16.1. The van der Waals surface area contributed by atoms with E-state index in [2.05, 4.69) is 21.3 Å². The Hall–Kier alpha value is -3.90. The van der Waals surface area contributed by atoms with E-state index in [4.69, 9.17) is 4.74 Å². The van der Waals surface area contributed by atoms with Crippen LogP contribution >= 0.6 is 0 Å². The van der Waals surface area contributed by atoms with Crippen molar-refractivity contribution in [1.82, 2.24) is 10.3 Å². The SMILES string of the molecule is CCS(=O)(=O)c1ccc([C@H](CC#N)NC(=O)c2ccc(N3CCC(Oc4ccc(C)nc4)C3)cc2)cc1. The maximum absolute atomic E-state index is 12.9. The number of aromatic nitrogens is 1. The Morgan fingerprint density at radius 2 is 1.89 bits per heavy atom. The summed E-state index contributed by atoms with van der Waals surface area (Å²) in [6.07, 6.45) is 2.77. The van der Waals surface area contributed by atoms with E-state index in [0.717, 1.165) is 36.6 Å². The molecule has 9 heteroatoms. The van der Waals surface area contributed by atoms with Gasteiger partial charge in [0.15, 0.2) is 9.84 Å². The van der Waals surface area contributed by atoms with Crippen LogP contribution in [0.3, 0.4) is 0 Å². The number of aryl methyl sites for hydroxylation is 1. The van der Waals surface area contributed by atoms with Crippen molar-refractivity contribution in [1.29, 1.82) is 5.26 Å². The van der Waals surface area contributed by atoms with Crippen molar-refractivity contribution >= 4 is 21.4 Å². The van der Waals surface area contributed by atoms with E-state index < -0.39 is 15.9 Å². The molecule has 3 aromatic rings. The highest BCUT2D eigenvalue weighted by Crippen LogP contribution is 2.25. The number of benzene rings is 2. The van der Waals surface area contributed by atoms with Gasteiger partial charge in [0.05, 0.1) is 41.9 Å². The smallest absolute Gasteiger partial charge is 0.251 e. The Balaban J connectivity index is 1.37. The molecule has 2 atom stereocenters. The Morgan fingerprint density at radius 3 is 2.51 bits per heavy atom. The summed E-state index contributed by atoms with van der Waals surface area (Å²) in [6, 6.07) is 19.1. The molecule has 1 saturated heterocycles. The van der Waals surface area contributed by atoms with Gasteiger partial charge >= 0.3 is 0 Å². The van der Waals surface area contributed by atoms with Gasteiger partial charge in [0.1, 0.15) is 11.9 Å². The molecule has 1 unspecified atom stereocenters. The molecule has 2 aromatic carbocycles. The summed E-state index contributed by atoms with van der Waals surface area (Å²) in [5, 5.41) is 12.2. The van der Waals surface area contributed by atoms with Gasteiger partial charge in [-0.05, 0) is 61.0 Å². The van der Waals surface area contributed by atoms with E-state index in [1.165, 1.54) is 12.1 Å². The summed E-state index contributed by atoms with van der Waals surface area (Å²) in [5.41, 5.74) is 3.11. The quantitative estimate of drug-likeness (QED) is 0.451. The average Bonchev–Trinajstić information content (AvgIpc) is 3.38. The summed E-state index contributed by atoms with van der Waals surface area (Å²) in [6.45, 7) is 5.12. The summed E-state index contributed by atoms with van der Waals surface area (Å²) in [5.74, 6) is 0.473. The maximum atomic E-state index is 12.9. The average molecular weight is 519 g/mol. The number of carbonyl (C=O) groups excluding carboxylic acids is 1. The van der Waals surface area contributed by atoms with Gasteiger partial charge in [0.25, 0.3) is 5.91 Å². The lowest BCUT2D eigenvalue weighted by Crippen LogP contribution is -2.28. The van der Waals surface area contributed by atoms with Gasteiger partial charge in [-0.2, -0.15) is 5.26 Å². The van der Waals surface area contributed by atoms with Crippen molar-refractivity contribution in [2.24, 2.45) is 0 Å². The standard InChI is InChI=1S/C28H30N4O4S/c1-3-37(34,35)26-12-7-21(8-13-26)27(14-16-29)31-28(33)22-5-9-23(10-6-22)32-17-15-25(19-32)36-24-11-4-20(2)30-18-24/h4-13,18,25,27H,3,14-15,17,19H2,1-2H3,(H,31,33)/t25?,27-/m0/s1. The van der Waals surface area contributed by atoms with Crippen LogP contribution in [0.4, 0.5) is 5.69 Å². The molecule has 192 valence electrons. The minimum atomic E-state index is -3.32. The van der Waals surface area contributed by atoms with E-state index in [1.807, 2.05) is 31.2 Å². The van der Waals surface area contributed by atoms with E-state index >= 15 is 0 Å². The minimum absolute atomic E-state index is 0.00996. The number of hydrogen-bond donors (Lipinski definition) is 1. The second kappa shape index (κ2) is 11.4. The number of nitrogens with one attached hydrogen (secondary N) is 1. The van der Waals surface area contributed by atoms with Crippen LogP contribution in [-0.2, 0) is 9.84 Å². The second-order valence-corrected chi connectivity index (χ2v) is 11.3. The molecule has 8 nitrogen and oxygen atoms in total. The Kier molecular flexibility index (Phi) is 8.09. The second-order valence-electron chi connectivity index (χ2n) is 9.02. The number of hydrogen-bond acceptors (Lipinski definition) is 7. The Morgan fingerprint density at radius 1 is 1.16 bits per heavy atom. The molecule has 4 rings (SSSR count). The molecule has 1 fully saturated rings. The van der Waals surface area contributed by atoms with Crippen LogP contribution in [-0.4, -0.2) is 44.3 Å². The first-order valence-electron chi connectivity index (χ1n) is 12.2. The molecule has 1 aromatic heterocycles. The zero-order chi connectivity index (χ0) is 26.4. The molecule has 0 spiro atoms. The summed E-state index contributed by atoms with van der Waals surface area (Å²) in [4.78, 5) is 19.7. The van der Waals surface area contributed by atoms with Gasteiger partial charge in [-0.1, -0.05) is 19.1 Å². The number of nitriles is 1. The highest BCUT2D eigenvalue weighted by molar-refractivity contribution is 7.91. The largest absolute Gasteiger partial charge is 0.487 e. The first-order valence-corrected chi connectivity index (χ1v) is 13.9. The van der Waals surface area contributed by atoms with E-state index in [1.54, 1.807) is 37.4 Å². The van der Waals surface area contributed by atoms with Gasteiger partial charge in [-0.3, -0.25) is 9.78 Å². The van der Waals surface area contributed by atoms with Gasteiger partial charge in [0, 0.05) is 29.9 Å². The van der Waals surface area contributed by atoms with Crippen molar-refractivity contribution in [3.8, 4) is 11.8 Å². The predicted octanol–water partition coefficient (Wildman–Crippen LogP) is 4.23. The lowest BCUT2D eigenvalue weighted by Gasteiger charge is -2.20. The third-order valence-corrected chi connectivity index (χ3v) is 8.20. The number of anilines is 1. The monoisotopic (exact) mass is 518 g/mol. The third-order valence-electron chi connectivity index (χ3n) is 6.45. The van der Waals surface area contributed by atoms with Crippen LogP contribution in [0.2, 0.25) is 0 Å². The van der Waals surface area contributed by atoms with Crippen LogP contribution in [0, 0.1) is 18.3 Å². The summed E-state index contributed by atoms with van der Waals surface area (Å²) in [7, 11) is -3.32. The number of sulfone groups is 1. The lowest BCUT2D eigenvalue weighted by atomic mass is 10.0. The molecule has 1 aliphatic heterocycles. The molecule has 1 aliphatic rings. The molecule has 0 bridgehead atoms. The predicted molar refractivity (Wildman–Crippen MR) is 141 cm³/mol. The maximum Gasteiger partial charge on any atom is 0.251 e. The van der Waals surface area contributed by atoms with Crippen LogP contribution < -0.4 is 15.0 Å². The van der Waals surface area contributed by atoms with Crippen LogP contribution in [0.15, 0.2) is 71.8 Å². The van der Waals surface area contributed by atoms with Gasteiger partial charge in [0.2, 0.25) is 0 Å². The van der Waals surface area contributed by atoms with Crippen molar-refractivity contribution in [2.75, 3.05) is 23.7 Å². The van der Waals surface area contributed by atoms with E-state index in [0.29, 0.717) is 11.1 Å². The first-order chi connectivity index (χ1) is 17.8. The van der Waals surface area contributed by atoms with E-state index in [9.17, 15) is 18.5 Å². The Bertz CT molecular complexity index is 1370. The fraction of sp³-hybridized carbons (Fsp3) is 0.321. The van der Waals surface area contributed by atoms with Crippen molar-refractivity contribution in [2.45, 2.75) is 43.7 Å². The highest BCUT2D eigenvalue weighted by Gasteiger charge is 2.25. The molecule has 37 heavy (non-hydrogen) atoms. The molecular formula is C28H30N4O4S. The van der Waals surface area contributed by atoms with Crippen molar-refractivity contribution < 1.29 is 17.9 Å². The van der Waals surface area contributed by atoms with Crippen molar-refractivity contribution in [3.05, 3.63) is 83.7 Å². The zero-order valence-corrected chi connectivity index (χ0v) is 21.7. The topological polar surface area (TPSA) is 112 Å². The number of ether oxygens (including phenoxy) is 1. The minimum Gasteiger partial charge on any atom is -0.487 e. The molecule has 0 radical (unpaired) electrons. The summed E-state index contributed by atoms with van der Waals surface area (Å²) < 4.78 is 30.2. The molecule has 0 aliphatic carbocycles. The van der Waals surface area contributed by atoms with Gasteiger partial charge < -0.3 is 15.0 Å².